The third-order valence-corrected chi connectivity index (χ3v) is 6.78. The second-order valence-electron chi connectivity index (χ2n) is 6.86. The number of fused-ring (bicyclic) bond motifs is 1. The summed E-state index contributed by atoms with van der Waals surface area (Å²) in [5, 5.41) is 15.5. The standard InChI is InChI=1S/C16H25N3O5S/c1-24-9-6-11(15(21)22)19(7-9)13(20)5-3-2-4-12-14-10(8-25-12)17-16(23)18-14/h9-12,14H,2-8H2,1H3,(H,21,22)(H2,17,18,23)/t9?,10-,11?,12-,14-/m0/s1. The number of urea groups is 1. The van der Waals surface area contributed by atoms with Crippen LogP contribution in [0.25, 0.3) is 0 Å². The number of nitrogens with zero attached hydrogens (tertiary/aromatic N) is 1. The lowest BCUT2D eigenvalue weighted by molar-refractivity contribution is -0.148. The lowest BCUT2D eigenvalue weighted by atomic mass is 10.0. The van der Waals surface area contributed by atoms with E-state index in [1.165, 1.54) is 4.90 Å². The van der Waals surface area contributed by atoms with Crippen molar-refractivity contribution >= 4 is 29.7 Å². The third kappa shape index (κ3) is 4.03. The van der Waals surface area contributed by atoms with Gasteiger partial charge in [0.25, 0.3) is 0 Å². The van der Waals surface area contributed by atoms with E-state index >= 15 is 0 Å². The van der Waals surface area contributed by atoms with Crippen LogP contribution in [0.1, 0.15) is 32.1 Å². The van der Waals surface area contributed by atoms with Gasteiger partial charge in [-0.25, -0.2) is 9.59 Å². The minimum Gasteiger partial charge on any atom is -0.480 e. The molecule has 0 radical (unpaired) electrons. The van der Waals surface area contributed by atoms with Gasteiger partial charge in [-0.1, -0.05) is 6.42 Å². The number of amides is 3. The lowest BCUT2D eigenvalue weighted by Gasteiger charge is -2.21. The van der Waals surface area contributed by atoms with E-state index in [-0.39, 0.29) is 30.1 Å². The molecule has 0 aromatic carbocycles. The molecule has 25 heavy (non-hydrogen) atoms. The quantitative estimate of drug-likeness (QED) is 0.442. The van der Waals surface area contributed by atoms with Gasteiger partial charge < -0.3 is 25.4 Å². The van der Waals surface area contributed by atoms with Gasteiger partial charge in [-0.05, 0) is 12.8 Å². The Morgan fingerprint density at radius 1 is 1.36 bits per heavy atom. The van der Waals surface area contributed by atoms with Crippen LogP contribution in [0.3, 0.4) is 0 Å². The number of unbranched alkanes of at least 4 members (excludes halogenated alkanes) is 1. The maximum atomic E-state index is 12.4. The Morgan fingerprint density at radius 2 is 2.16 bits per heavy atom. The van der Waals surface area contributed by atoms with Gasteiger partial charge in [0.2, 0.25) is 5.91 Å². The van der Waals surface area contributed by atoms with E-state index in [0.717, 1.165) is 25.0 Å². The molecule has 0 aromatic heterocycles. The van der Waals surface area contributed by atoms with Crippen molar-refractivity contribution in [2.45, 2.75) is 61.6 Å². The second kappa shape index (κ2) is 7.82. The van der Waals surface area contributed by atoms with Crippen LogP contribution in [0, 0.1) is 0 Å². The third-order valence-electron chi connectivity index (χ3n) is 5.27. The number of hydrogen-bond donors (Lipinski definition) is 3. The maximum Gasteiger partial charge on any atom is 0.326 e. The molecule has 0 saturated carbocycles. The fourth-order valence-electron chi connectivity index (χ4n) is 3.89. The second-order valence-corrected chi connectivity index (χ2v) is 8.13. The summed E-state index contributed by atoms with van der Waals surface area (Å²) in [5.74, 6) is -0.148. The van der Waals surface area contributed by atoms with Gasteiger partial charge >= 0.3 is 12.0 Å². The van der Waals surface area contributed by atoms with E-state index in [4.69, 9.17) is 4.74 Å². The zero-order valence-electron chi connectivity index (χ0n) is 14.3. The molecule has 3 aliphatic heterocycles. The van der Waals surface area contributed by atoms with Crippen LogP contribution in [-0.4, -0.2) is 76.8 Å². The van der Waals surface area contributed by atoms with Gasteiger partial charge in [0.15, 0.2) is 0 Å². The zero-order chi connectivity index (χ0) is 18.0. The van der Waals surface area contributed by atoms with Crippen LogP contribution in [0.2, 0.25) is 0 Å². The van der Waals surface area contributed by atoms with Crippen molar-refractivity contribution in [3.63, 3.8) is 0 Å². The predicted molar refractivity (Wildman–Crippen MR) is 92.5 cm³/mol. The number of carbonyl (C=O) groups is 3. The summed E-state index contributed by atoms with van der Waals surface area (Å²) >= 11 is 1.86. The number of rotatable bonds is 7. The van der Waals surface area contributed by atoms with E-state index in [1.807, 2.05) is 11.8 Å². The number of methoxy groups -OCH3 is 1. The Hall–Kier alpha value is -1.48. The van der Waals surface area contributed by atoms with Gasteiger partial charge in [0, 0.05) is 37.5 Å². The molecule has 3 N–H and O–H groups in total. The first-order valence-corrected chi connectivity index (χ1v) is 9.78. The molecule has 9 heteroatoms. The Labute approximate surface area is 151 Å². The smallest absolute Gasteiger partial charge is 0.326 e. The normalized spacial score (nSPS) is 33.9. The molecule has 3 saturated heterocycles. The van der Waals surface area contributed by atoms with Gasteiger partial charge in [-0.3, -0.25) is 4.79 Å². The molecular formula is C16H25N3O5S. The number of aliphatic carboxylic acids is 1. The van der Waals surface area contributed by atoms with Crippen molar-refractivity contribution in [3.05, 3.63) is 0 Å². The van der Waals surface area contributed by atoms with Crippen LogP contribution in [0.4, 0.5) is 4.79 Å². The minimum absolute atomic E-state index is 0.0862. The van der Waals surface area contributed by atoms with Crippen molar-refractivity contribution in [1.82, 2.24) is 15.5 Å². The molecular weight excluding hydrogens is 346 g/mol. The molecule has 3 amide bonds. The lowest BCUT2D eigenvalue weighted by Crippen LogP contribution is -2.40. The van der Waals surface area contributed by atoms with Crippen LogP contribution in [0.15, 0.2) is 0 Å². The molecule has 3 aliphatic rings. The highest BCUT2D eigenvalue weighted by Crippen LogP contribution is 2.33. The zero-order valence-corrected chi connectivity index (χ0v) is 15.1. The fourth-order valence-corrected chi connectivity index (χ4v) is 5.43. The van der Waals surface area contributed by atoms with Crippen LogP contribution in [0.5, 0.6) is 0 Å². The summed E-state index contributed by atoms with van der Waals surface area (Å²) in [7, 11) is 1.54. The monoisotopic (exact) mass is 371 g/mol. The number of hydrogen-bond acceptors (Lipinski definition) is 5. The molecule has 8 nitrogen and oxygen atoms in total. The van der Waals surface area contributed by atoms with E-state index in [9.17, 15) is 19.5 Å². The Bertz CT molecular complexity index is 546. The summed E-state index contributed by atoms with van der Waals surface area (Å²) in [6.45, 7) is 0.353. The molecule has 3 rings (SSSR count). The van der Waals surface area contributed by atoms with Crippen molar-refractivity contribution in [1.29, 1.82) is 0 Å². The number of likely N-dealkylation sites (tertiary alicyclic amines) is 1. The average Bonchev–Trinajstić information content (AvgIpc) is 3.25. The highest BCUT2D eigenvalue weighted by atomic mass is 32.2. The number of carboxylic acids is 1. The summed E-state index contributed by atoms with van der Waals surface area (Å²) in [6, 6.07) is -0.457. The molecule has 140 valence electrons. The highest BCUT2D eigenvalue weighted by Gasteiger charge is 2.43. The van der Waals surface area contributed by atoms with Crippen LogP contribution < -0.4 is 10.6 Å². The van der Waals surface area contributed by atoms with Gasteiger partial charge in [0.05, 0.1) is 18.2 Å². The number of ether oxygens (including phenoxy) is 1. The number of thioether (sulfide) groups is 1. The predicted octanol–water partition coefficient (Wildman–Crippen LogP) is 0.413. The van der Waals surface area contributed by atoms with Crippen molar-refractivity contribution < 1.29 is 24.2 Å². The van der Waals surface area contributed by atoms with Gasteiger partial charge in [-0.2, -0.15) is 11.8 Å². The number of nitrogens with one attached hydrogen (secondary N) is 2. The summed E-state index contributed by atoms with van der Waals surface area (Å²) in [6.07, 6.45) is 3.08. The maximum absolute atomic E-state index is 12.4. The largest absolute Gasteiger partial charge is 0.480 e. The van der Waals surface area contributed by atoms with Gasteiger partial charge in [0.1, 0.15) is 6.04 Å². The van der Waals surface area contributed by atoms with E-state index in [2.05, 4.69) is 10.6 Å². The summed E-state index contributed by atoms with van der Waals surface area (Å²) < 4.78 is 5.21. The van der Waals surface area contributed by atoms with Crippen molar-refractivity contribution in [2.75, 3.05) is 19.4 Å². The van der Waals surface area contributed by atoms with Crippen molar-refractivity contribution in [2.24, 2.45) is 0 Å². The molecule has 0 aliphatic carbocycles. The fraction of sp³-hybridized carbons (Fsp3) is 0.812. The molecule has 0 spiro atoms. The van der Waals surface area contributed by atoms with Crippen LogP contribution in [-0.2, 0) is 14.3 Å². The van der Waals surface area contributed by atoms with Crippen LogP contribution >= 0.6 is 11.8 Å². The first-order valence-electron chi connectivity index (χ1n) is 8.73. The van der Waals surface area contributed by atoms with E-state index in [1.54, 1.807) is 7.11 Å². The topological polar surface area (TPSA) is 108 Å². The van der Waals surface area contributed by atoms with E-state index < -0.39 is 12.0 Å². The summed E-state index contributed by atoms with van der Waals surface area (Å²) in [5.41, 5.74) is 0. The summed E-state index contributed by atoms with van der Waals surface area (Å²) in [4.78, 5) is 36.5. The first-order chi connectivity index (χ1) is 12.0. The SMILES string of the molecule is COC1CC(C(=O)O)N(C(=O)CCCC[C@@H]2SC[C@@H]3NC(=O)N[C@@H]32)C1. The molecule has 3 heterocycles. The van der Waals surface area contributed by atoms with Gasteiger partial charge in [-0.15, -0.1) is 0 Å². The molecule has 5 atom stereocenters. The minimum atomic E-state index is -0.967. The molecule has 3 fully saturated rings. The highest BCUT2D eigenvalue weighted by molar-refractivity contribution is 8.00. The Balaban J connectivity index is 1.40. The first kappa shape index (κ1) is 18.3. The van der Waals surface area contributed by atoms with Crippen molar-refractivity contribution in [3.8, 4) is 0 Å². The Morgan fingerprint density at radius 3 is 2.88 bits per heavy atom. The molecule has 0 aromatic rings. The number of carboxylic acid groups (broad SMARTS) is 1. The Kier molecular flexibility index (Phi) is 5.73. The average molecular weight is 371 g/mol. The number of carbonyl (C=O) groups excluding carboxylic acids is 2. The van der Waals surface area contributed by atoms with E-state index in [0.29, 0.717) is 24.6 Å². The molecule has 0 bridgehead atoms. The molecule has 2 unspecified atom stereocenters.